The average Bonchev–Trinajstić information content (AvgIpc) is 3.17. The number of thioether (sulfide) groups is 1. The number of hydrogen-bond acceptors (Lipinski definition) is 7. The lowest BCUT2D eigenvalue weighted by Crippen LogP contribution is -2.11. The van der Waals surface area contributed by atoms with Crippen molar-refractivity contribution in [1.29, 1.82) is 0 Å². The van der Waals surface area contributed by atoms with E-state index in [0.717, 1.165) is 28.7 Å². The van der Waals surface area contributed by atoms with Crippen molar-refractivity contribution >= 4 is 33.1 Å². The molecule has 0 amide bonds. The summed E-state index contributed by atoms with van der Waals surface area (Å²) in [4.78, 5) is 1.20. The van der Waals surface area contributed by atoms with E-state index in [1.54, 1.807) is 35.2 Å². The first kappa shape index (κ1) is 18.5. The minimum atomic E-state index is -3.68. The normalized spacial score (nSPS) is 14.4. The number of primary sulfonamides is 1. The fourth-order valence-electron chi connectivity index (χ4n) is 2.63. The smallest absolute Gasteiger partial charge is 0.238 e. The van der Waals surface area contributed by atoms with Gasteiger partial charge in [0.05, 0.1) is 16.4 Å². The standard InChI is InChI=1S/C17H18N4O3S3/c18-27(22,23)14-7-5-13(6-8-14)24-9-11-26-17-20-19-16(15-2-1-10-25-15)21(17)12-3-4-12/h1-2,5-8,10,12H,3-4,9,11H2,(H2,18,22,23). The number of ether oxygens (including phenoxy) is 1. The van der Waals surface area contributed by atoms with Gasteiger partial charge in [0.1, 0.15) is 5.75 Å². The van der Waals surface area contributed by atoms with Gasteiger partial charge in [-0.3, -0.25) is 4.57 Å². The van der Waals surface area contributed by atoms with Gasteiger partial charge in [-0.1, -0.05) is 17.8 Å². The summed E-state index contributed by atoms with van der Waals surface area (Å²) in [5.41, 5.74) is 0. The Bertz CT molecular complexity index is 1010. The van der Waals surface area contributed by atoms with E-state index in [4.69, 9.17) is 9.88 Å². The Kier molecular flexibility index (Phi) is 5.22. The molecule has 1 saturated carbocycles. The molecule has 142 valence electrons. The fraction of sp³-hybridized carbons (Fsp3) is 0.294. The van der Waals surface area contributed by atoms with Crippen LogP contribution in [0.15, 0.2) is 51.8 Å². The van der Waals surface area contributed by atoms with Gasteiger partial charge in [0.15, 0.2) is 11.0 Å². The van der Waals surface area contributed by atoms with Gasteiger partial charge < -0.3 is 4.74 Å². The Morgan fingerprint density at radius 1 is 1.22 bits per heavy atom. The van der Waals surface area contributed by atoms with Gasteiger partial charge in [-0.2, -0.15) is 0 Å². The minimum Gasteiger partial charge on any atom is -0.493 e. The van der Waals surface area contributed by atoms with Crippen molar-refractivity contribution in [1.82, 2.24) is 14.8 Å². The van der Waals surface area contributed by atoms with Crippen molar-refractivity contribution in [3.63, 3.8) is 0 Å². The molecule has 2 heterocycles. The molecule has 27 heavy (non-hydrogen) atoms. The average molecular weight is 423 g/mol. The highest BCUT2D eigenvalue weighted by atomic mass is 32.2. The first-order valence-electron chi connectivity index (χ1n) is 8.39. The molecule has 0 bridgehead atoms. The summed E-state index contributed by atoms with van der Waals surface area (Å²) in [6, 6.07) is 10.7. The highest BCUT2D eigenvalue weighted by Crippen LogP contribution is 2.41. The molecule has 10 heteroatoms. The van der Waals surface area contributed by atoms with E-state index >= 15 is 0 Å². The molecule has 0 atom stereocenters. The number of nitrogens with two attached hydrogens (primary N) is 1. The highest BCUT2D eigenvalue weighted by Gasteiger charge is 2.30. The van der Waals surface area contributed by atoms with Gasteiger partial charge >= 0.3 is 0 Å². The van der Waals surface area contributed by atoms with Crippen LogP contribution in [0.1, 0.15) is 18.9 Å². The van der Waals surface area contributed by atoms with Gasteiger partial charge in [-0.25, -0.2) is 13.6 Å². The lowest BCUT2D eigenvalue weighted by atomic mass is 10.3. The number of thiophene rings is 1. The Labute approximate surface area is 165 Å². The predicted molar refractivity (Wildman–Crippen MR) is 106 cm³/mol. The van der Waals surface area contributed by atoms with Crippen LogP contribution in [-0.4, -0.2) is 35.5 Å². The quantitative estimate of drug-likeness (QED) is 0.442. The molecule has 1 fully saturated rings. The SMILES string of the molecule is NS(=O)(=O)c1ccc(OCCSc2nnc(-c3cccs3)n2C2CC2)cc1. The Morgan fingerprint density at radius 2 is 2.00 bits per heavy atom. The second-order valence-electron chi connectivity index (χ2n) is 6.10. The van der Waals surface area contributed by atoms with E-state index in [1.807, 2.05) is 11.4 Å². The summed E-state index contributed by atoms with van der Waals surface area (Å²) in [6.45, 7) is 0.477. The molecule has 0 unspecified atom stereocenters. The maximum absolute atomic E-state index is 11.3. The third-order valence-electron chi connectivity index (χ3n) is 4.05. The number of nitrogens with zero attached hydrogens (tertiary/aromatic N) is 3. The molecule has 3 aromatic rings. The molecular weight excluding hydrogens is 404 g/mol. The van der Waals surface area contributed by atoms with Crippen LogP contribution >= 0.6 is 23.1 Å². The minimum absolute atomic E-state index is 0.0721. The second kappa shape index (κ2) is 7.63. The lowest BCUT2D eigenvalue weighted by molar-refractivity contribution is 0.343. The van der Waals surface area contributed by atoms with Crippen molar-refractivity contribution in [2.75, 3.05) is 12.4 Å². The maximum atomic E-state index is 11.3. The molecule has 7 nitrogen and oxygen atoms in total. The van der Waals surface area contributed by atoms with Gasteiger partial charge in [-0.15, -0.1) is 21.5 Å². The largest absolute Gasteiger partial charge is 0.493 e. The number of hydrogen-bond donors (Lipinski definition) is 1. The summed E-state index contributed by atoms with van der Waals surface area (Å²) in [5.74, 6) is 2.26. The zero-order chi connectivity index (χ0) is 18.9. The zero-order valence-electron chi connectivity index (χ0n) is 14.3. The van der Waals surface area contributed by atoms with E-state index in [2.05, 4.69) is 20.8 Å². The second-order valence-corrected chi connectivity index (χ2v) is 9.67. The summed E-state index contributed by atoms with van der Waals surface area (Å²) < 4.78 is 30.4. The molecule has 2 aromatic heterocycles. The summed E-state index contributed by atoms with van der Waals surface area (Å²) in [7, 11) is -3.68. The maximum Gasteiger partial charge on any atom is 0.238 e. The van der Waals surface area contributed by atoms with Crippen LogP contribution in [0.5, 0.6) is 5.75 Å². The molecule has 1 aromatic carbocycles. The van der Waals surface area contributed by atoms with Crippen LogP contribution in [-0.2, 0) is 10.0 Å². The zero-order valence-corrected chi connectivity index (χ0v) is 16.8. The van der Waals surface area contributed by atoms with Crippen molar-refractivity contribution in [2.24, 2.45) is 5.14 Å². The van der Waals surface area contributed by atoms with Crippen LogP contribution in [0.25, 0.3) is 10.7 Å². The molecule has 1 aliphatic carbocycles. The molecule has 0 saturated heterocycles. The Hall–Kier alpha value is -1.88. The summed E-state index contributed by atoms with van der Waals surface area (Å²) >= 11 is 3.28. The van der Waals surface area contributed by atoms with Crippen LogP contribution in [0.3, 0.4) is 0 Å². The summed E-state index contributed by atoms with van der Waals surface area (Å²) in [6.07, 6.45) is 2.33. The van der Waals surface area contributed by atoms with E-state index < -0.39 is 10.0 Å². The van der Waals surface area contributed by atoms with Crippen LogP contribution in [0.2, 0.25) is 0 Å². The predicted octanol–water partition coefficient (Wildman–Crippen LogP) is 3.16. The highest BCUT2D eigenvalue weighted by molar-refractivity contribution is 7.99. The first-order chi connectivity index (χ1) is 13.0. The lowest BCUT2D eigenvalue weighted by Gasteiger charge is -2.09. The number of rotatable bonds is 8. The van der Waals surface area contributed by atoms with Crippen LogP contribution in [0, 0.1) is 0 Å². The molecule has 0 radical (unpaired) electrons. The molecule has 2 N–H and O–H groups in total. The van der Waals surface area contributed by atoms with E-state index in [0.29, 0.717) is 24.2 Å². The van der Waals surface area contributed by atoms with Crippen molar-refractivity contribution < 1.29 is 13.2 Å². The van der Waals surface area contributed by atoms with Gasteiger partial charge in [0.2, 0.25) is 10.0 Å². The van der Waals surface area contributed by atoms with Crippen molar-refractivity contribution in [3.8, 4) is 16.5 Å². The fourth-order valence-corrected chi connectivity index (χ4v) is 4.67. The first-order valence-corrected chi connectivity index (χ1v) is 11.8. The number of sulfonamides is 1. The summed E-state index contributed by atoms with van der Waals surface area (Å²) in [5, 5.41) is 16.8. The van der Waals surface area contributed by atoms with Crippen molar-refractivity contribution in [3.05, 3.63) is 41.8 Å². The molecule has 0 spiro atoms. The Morgan fingerprint density at radius 3 is 2.63 bits per heavy atom. The molecule has 0 aliphatic heterocycles. The van der Waals surface area contributed by atoms with E-state index in [9.17, 15) is 8.42 Å². The monoisotopic (exact) mass is 422 g/mol. The molecule has 1 aliphatic rings. The van der Waals surface area contributed by atoms with Crippen molar-refractivity contribution in [2.45, 2.75) is 28.9 Å². The number of aromatic nitrogens is 3. The van der Waals surface area contributed by atoms with E-state index in [1.165, 1.54) is 12.1 Å². The Balaban J connectivity index is 1.36. The third-order valence-corrected chi connectivity index (χ3v) is 6.76. The van der Waals surface area contributed by atoms with Crippen LogP contribution in [0.4, 0.5) is 0 Å². The third kappa shape index (κ3) is 4.34. The van der Waals surface area contributed by atoms with Gasteiger partial charge in [0, 0.05) is 11.8 Å². The topological polar surface area (TPSA) is 100 Å². The van der Waals surface area contributed by atoms with E-state index in [-0.39, 0.29) is 4.90 Å². The van der Waals surface area contributed by atoms with Crippen LogP contribution < -0.4 is 9.88 Å². The van der Waals surface area contributed by atoms with Gasteiger partial charge in [0.25, 0.3) is 0 Å². The number of benzene rings is 1. The molecular formula is C17H18N4O3S3. The van der Waals surface area contributed by atoms with Gasteiger partial charge in [-0.05, 0) is 48.6 Å². The molecule has 4 rings (SSSR count).